The van der Waals surface area contributed by atoms with Crippen LogP contribution in [0.4, 0.5) is 5.69 Å². The Morgan fingerprint density at radius 1 is 1.09 bits per heavy atom. The summed E-state index contributed by atoms with van der Waals surface area (Å²) in [6.07, 6.45) is 1.65. The fraction of sp³-hybridized carbons (Fsp3) is 0.316. The van der Waals surface area contributed by atoms with Crippen molar-refractivity contribution < 1.29 is 4.79 Å². The number of hydrogen-bond acceptors (Lipinski definition) is 2. The summed E-state index contributed by atoms with van der Waals surface area (Å²) >= 11 is 0. The van der Waals surface area contributed by atoms with Crippen molar-refractivity contribution in [1.29, 1.82) is 0 Å². The van der Waals surface area contributed by atoms with Gasteiger partial charge in [0.25, 0.3) is 0 Å². The van der Waals surface area contributed by atoms with E-state index >= 15 is 0 Å². The zero-order valence-electron chi connectivity index (χ0n) is 13.0. The van der Waals surface area contributed by atoms with E-state index in [9.17, 15) is 4.79 Å². The lowest BCUT2D eigenvalue weighted by Crippen LogP contribution is -2.31. The molecule has 3 rings (SSSR count). The van der Waals surface area contributed by atoms with Crippen molar-refractivity contribution in [3.8, 4) is 0 Å². The molecular formula is C19H22N2O. The third-order valence-corrected chi connectivity index (χ3v) is 4.27. The monoisotopic (exact) mass is 294 g/mol. The average molecular weight is 294 g/mol. The zero-order chi connectivity index (χ0) is 15.4. The molecule has 0 atom stereocenters. The van der Waals surface area contributed by atoms with E-state index in [1.807, 2.05) is 30.1 Å². The third-order valence-electron chi connectivity index (χ3n) is 4.27. The SMILES string of the molecule is CN(Cc1ccccc1)C(=O)CCN1CCc2ccccc21. The van der Waals surface area contributed by atoms with Gasteiger partial charge < -0.3 is 9.80 Å². The Morgan fingerprint density at radius 3 is 2.64 bits per heavy atom. The van der Waals surface area contributed by atoms with Crippen molar-refractivity contribution in [2.75, 3.05) is 25.0 Å². The van der Waals surface area contributed by atoms with Crippen molar-refractivity contribution in [1.82, 2.24) is 4.90 Å². The van der Waals surface area contributed by atoms with Gasteiger partial charge in [0.05, 0.1) is 0 Å². The van der Waals surface area contributed by atoms with Gasteiger partial charge in [-0.1, -0.05) is 48.5 Å². The predicted octanol–water partition coefficient (Wildman–Crippen LogP) is 3.10. The zero-order valence-corrected chi connectivity index (χ0v) is 13.0. The maximum absolute atomic E-state index is 12.3. The largest absolute Gasteiger partial charge is 0.370 e. The van der Waals surface area contributed by atoms with Crippen LogP contribution in [0.15, 0.2) is 54.6 Å². The first-order chi connectivity index (χ1) is 10.7. The molecule has 3 nitrogen and oxygen atoms in total. The lowest BCUT2D eigenvalue weighted by molar-refractivity contribution is -0.130. The smallest absolute Gasteiger partial charge is 0.224 e. The Hall–Kier alpha value is -2.29. The quantitative estimate of drug-likeness (QED) is 0.846. The van der Waals surface area contributed by atoms with Crippen LogP contribution in [0.2, 0.25) is 0 Å². The highest BCUT2D eigenvalue weighted by Crippen LogP contribution is 2.27. The number of amides is 1. The summed E-state index contributed by atoms with van der Waals surface area (Å²) in [6, 6.07) is 18.6. The second-order valence-electron chi connectivity index (χ2n) is 5.85. The lowest BCUT2D eigenvalue weighted by atomic mass is 10.2. The molecule has 2 aromatic carbocycles. The predicted molar refractivity (Wildman–Crippen MR) is 89.9 cm³/mol. The summed E-state index contributed by atoms with van der Waals surface area (Å²) in [5.74, 6) is 0.202. The number of benzene rings is 2. The number of carbonyl (C=O) groups is 1. The highest BCUT2D eigenvalue weighted by Gasteiger charge is 2.19. The van der Waals surface area contributed by atoms with Gasteiger partial charge in [-0.15, -0.1) is 0 Å². The molecule has 0 bridgehead atoms. The Labute approximate surface area is 132 Å². The molecule has 0 saturated heterocycles. The van der Waals surface area contributed by atoms with Gasteiger partial charge in [-0.3, -0.25) is 4.79 Å². The Morgan fingerprint density at radius 2 is 1.82 bits per heavy atom. The molecule has 0 aliphatic carbocycles. The number of nitrogens with zero attached hydrogens (tertiary/aromatic N) is 2. The van der Waals surface area contributed by atoms with E-state index < -0.39 is 0 Å². The Bertz CT molecular complexity index is 639. The number of fused-ring (bicyclic) bond motifs is 1. The van der Waals surface area contributed by atoms with Crippen LogP contribution in [-0.4, -0.2) is 30.9 Å². The molecule has 1 aliphatic heterocycles. The van der Waals surface area contributed by atoms with Crippen LogP contribution in [0, 0.1) is 0 Å². The fourth-order valence-electron chi connectivity index (χ4n) is 3.01. The molecule has 0 N–H and O–H groups in total. The highest BCUT2D eigenvalue weighted by atomic mass is 16.2. The molecule has 0 aromatic heterocycles. The molecule has 114 valence electrons. The summed E-state index contributed by atoms with van der Waals surface area (Å²) in [7, 11) is 1.88. The standard InChI is InChI=1S/C19H22N2O/c1-20(15-16-7-3-2-4-8-16)19(22)12-14-21-13-11-17-9-5-6-10-18(17)21/h2-10H,11-15H2,1H3. The average Bonchev–Trinajstić information content (AvgIpc) is 2.97. The van der Waals surface area contributed by atoms with Crippen LogP contribution in [0.1, 0.15) is 17.5 Å². The van der Waals surface area contributed by atoms with E-state index in [2.05, 4.69) is 41.3 Å². The molecule has 0 radical (unpaired) electrons. The van der Waals surface area contributed by atoms with Gasteiger partial charge in [-0.05, 0) is 23.6 Å². The van der Waals surface area contributed by atoms with Gasteiger partial charge in [0.15, 0.2) is 0 Å². The van der Waals surface area contributed by atoms with Crippen molar-refractivity contribution in [3.63, 3.8) is 0 Å². The molecule has 0 saturated carbocycles. The van der Waals surface area contributed by atoms with Gasteiger partial charge in [-0.2, -0.15) is 0 Å². The van der Waals surface area contributed by atoms with Gasteiger partial charge in [0.1, 0.15) is 0 Å². The molecule has 2 aromatic rings. The van der Waals surface area contributed by atoms with Crippen LogP contribution in [0.25, 0.3) is 0 Å². The number of carbonyl (C=O) groups excluding carboxylic acids is 1. The summed E-state index contributed by atoms with van der Waals surface area (Å²) in [6.45, 7) is 2.50. The van der Waals surface area contributed by atoms with Crippen molar-refractivity contribution in [2.24, 2.45) is 0 Å². The maximum atomic E-state index is 12.3. The normalized spacial score (nSPS) is 13.0. The summed E-state index contributed by atoms with van der Waals surface area (Å²) in [4.78, 5) is 16.5. The van der Waals surface area contributed by atoms with Crippen LogP contribution < -0.4 is 4.90 Å². The number of rotatable bonds is 5. The van der Waals surface area contributed by atoms with Crippen molar-refractivity contribution >= 4 is 11.6 Å². The minimum atomic E-state index is 0.202. The van der Waals surface area contributed by atoms with Crippen molar-refractivity contribution in [3.05, 3.63) is 65.7 Å². The third kappa shape index (κ3) is 3.30. The van der Waals surface area contributed by atoms with Crippen molar-refractivity contribution in [2.45, 2.75) is 19.4 Å². The molecule has 1 amide bonds. The van der Waals surface area contributed by atoms with E-state index in [0.29, 0.717) is 13.0 Å². The first kappa shape index (κ1) is 14.6. The summed E-state index contributed by atoms with van der Waals surface area (Å²) in [5, 5.41) is 0. The van der Waals surface area contributed by atoms with E-state index in [1.54, 1.807) is 0 Å². The van der Waals surface area contributed by atoms with Gasteiger partial charge >= 0.3 is 0 Å². The molecule has 0 spiro atoms. The van der Waals surface area contributed by atoms with E-state index in [0.717, 1.165) is 19.5 Å². The molecule has 0 fully saturated rings. The van der Waals surface area contributed by atoms with Gasteiger partial charge in [0, 0.05) is 38.8 Å². The van der Waals surface area contributed by atoms with Crippen LogP contribution >= 0.6 is 0 Å². The number of para-hydroxylation sites is 1. The van der Waals surface area contributed by atoms with Gasteiger partial charge in [-0.25, -0.2) is 0 Å². The van der Waals surface area contributed by atoms with Crippen LogP contribution in [0.3, 0.4) is 0 Å². The Kier molecular flexibility index (Phi) is 4.42. The molecule has 3 heteroatoms. The highest BCUT2D eigenvalue weighted by molar-refractivity contribution is 5.76. The van der Waals surface area contributed by atoms with E-state index in [1.165, 1.54) is 16.8 Å². The number of hydrogen-bond donors (Lipinski definition) is 0. The Balaban J connectivity index is 1.52. The van der Waals surface area contributed by atoms with E-state index in [-0.39, 0.29) is 5.91 Å². The topological polar surface area (TPSA) is 23.6 Å². The first-order valence-electron chi connectivity index (χ1n) is 7.85. The van der Waals surface area contributed by atoms with E-state index in [4.69, 9.17) is 0 Å². The summed E-state index contributed by atoms with van der Waals surface area (Å²) < 4.78 is 0. The molecule has 0 unspecified atom stereocenters. The minimum absolute atomic E-state index is 0.202. The molecule has 22 heavy (non-hydrogen) atoms. The minimum Gasteiger partial charge on any atom is -0.370 e. The summed E-state index contributed by atoms with van der Waals surface area (Å²) in [5.41, 5.74) is 3.86. The fourth-order valence-corrected chi connectivity index (χ4v) is 3.01. The van der Waals surface area contributed by atoms with Gasteiger partial charge in [0.2, 0.25) is 5.91 Å². The lowest BCUT2D eigenvalue weighted by Gasteiger charge is -2.22. The number of anilines is 1. The molecule has 1 heterocycles. The second kappa shape index (κ2) is 6.65. The van der Waals surface area contributed by atoms with Crippen LogP contribution in [-0.2, 0) is 17.8 Å². The molecule has 1 aliphatic rings. The second-order valence-corrected chi connectivity index (χ2v) is 5.85. The van der Waals surface area contributed by atoms with Crippen LogP contribution in [0.5, 0.6) is 0 Å². The maximum Gasteiger partial charge on any atom is 0.224 e. The molecular weight excluding hydrogens is 272 g/mol. The first-order valence-corrected chi connectivity index (χ1v) is 7.85.